The first-order valence-electron chi connectivity index (χ1n) is 4.34. The molecule has 5 nitrogen and oxygen atoms in total. The fourth-order valence-corrected chi connectivity index (χ4v) is 1.54. The Hall–Kier alpha value is -1.07. The number of hydrogen-bond acceptors (Lipinski definition) is 3. The Kier molecular flexibility index (Phi) is 2.20. The molecule has 2 heterocycles. The number of nitrogens with zero attached hydrogens (tertiary/aromatic N) is 1. The lowest BCUT2D eigenvalue weighted by atomic mass is 10.1. The SMILES string of the molecule is Cn1cc(C2COCCN2)c(=O)[nH]1. The monoisotopic (exact) mass is 183 g/mol. The highest BCUT2D eigenvalue weighted by atomic mass is 16.5. The van der Waals surface area contributed by atoms with E-state index >= 15 is 0 Å². The molecule has 0 bridgehead atoms. The number of hydrogen-bond donors (Lipinski definition) is 2. The van der Waals surface area contributed by atoms with Crippen molar-refractivity contribution in [3.8, 4) is 0 Å². The van der Waals surface area contributed by atoms with Gasteiger partial charge in [-0.05, 0) is 0 Å². The summed E-state index contributed by atoms with van der Waals surface area (Å²) in [4.78, 5) is 11.4. The van der Waals surface area contributed by atoms with Crippen LogP contribution in [0, 0.1) is 0 Å². The van der Waals surface area contributed by atoms with Gasteiger partial charge in [-0.2, -0.15) is 0 Å². The zero-order chi connectivity index (χ0) is 9.26. The molecule has 5 heteroatoms. The molecule has 1 saturated heterocycles. The quantitative estimate of drug-likeness (QED) is 0.609. The molecule has 72 valence electrons. The van der Waals surface area contributed by atoms with Crippen molar-refractivity contribution in [3.63, 3.8) is 0 Å². The van der Waals surface area contributed by atoms with Crippen LogP contribution in [0.3, 0.4) is 0 Å². The highest BCUT2D eigenvalue weighted by Crippen LogP contribution is 2.10. The van der Waals surface area contributed by atoms with E-state index in [-0.39, 0.29) is 11.6 Å². The first-order chi connectivity index (χ1) is 6.27. The fraction of sp³-hybridized carbons (Fsp3) is 0.625. The second kappa shape index (κ2) is 3.35. The maximum atomic E-state index is 11.4. The van der Waals surface area contributed by atoms with E-state index in [1.165, 1.54) is 0 Å². The molecule has 1 fully saturated rings. The second-order valence-corrected chi connectivity index (χ2v) is 3.22. The third kappa shape index (κ3) is 1.66. The third-order valence-electron chi connectivity index (χ3n) is 2.17. The van der Waals surface area contributed by atoms with Crippen LogP contribution in [-0.2, 0) is 11.8 Å². The molecular weight excluding hydrogens is 170 g/mol. The van der Waals surface area contributed by atoms with E-state index in [1.54, 1.807) is 17.9 Å². The van der Waals surface area contributed by atoms with Crippen molar-refractivity contribution in [1.82, 2.24) is 15.1 Å². The Balaban J connectivity index is 2.23. The molecule has 2 rings (SSSR count). The second-order valence-electron chi connectivity index (χ2n) is 3.22. The van der Waals surface area contributed by atoms with Crippen LogP contribution in [0.1, 0.15) is 11.6 Å². The Bertz CT molecular complexity index is 335. The first-order valence-corrected chi connectivity index (χ1v) is 4.34. The van der Waals surface area contributed by atoms with Gasteiger partial charge in [0.05, 0.1) is 24.8 Å². The van der Waals surface area contributed by atoms with Crippen LogP contribution in [0.15, 0.2) is 11.0 Å². The molecule has 1 atom stereocenters. The number of H-pyrrole nitrogens is 1. The fourth-order valence-electron chi connectivity index (χ4n) is 1.54. The summed E-state index contributed by atoms with van der Waals surface area (Å²) in [5.74, 6) is 0. The summed E-state index contributed by atoms with van der Waals surface area (Å²) in [6.07, 6.45) is 1.80. The van der Waals surface area contributed by atoms with E-state index in [0.29, 0.717) is 6.61 Å². The molecule has 1 aliphatic rings. The summed E-state index contributed by atoms with van der Waals surface area (Å²) >= 11 is 0. The molecule has 2 N–H and O–H groups in total. The van der Waals surface area contributed by atoms with Crippen molar-refractivity contribution in [3.05, 3.63) is 22.1 Å². The maximum Gasteiger partial charge on any atom is 0.268 e. The summed E-state index contributed by atoms with van der Waals surface area (Å²) in [6, 6.07) is 0.0405. The molecule has 0 saturated carbocycles. The lowest BCUT2D eigenvalue weighted by Gasteiger charge is -2.21. The summed E-state index contributed by atoms with van der Waals surface area (Å²) in [5.41, 5.74) is 0.715. The van der Waals surface area contributed by atoms with Gasteiger partial charge in [0.2, 0.25) is 0 Å². The average molecular weight is 183 g/mol. The van der Waals surface area contributed by atoms with E-state index < -0.39 is 0 Å². The molecule has 1 aliphatic heterocycles. The van der Waals surface area contributed by atoms with Crippen LogP contribution in [0.4, 0.5) is 0 Å². The van der Waals surface area contributed by atoms with Crippen LogP contribution in [0.25, 0.3) is 0 Å². The molecule has 0 amide bonds. The Morgan fingerprint density at radius 3 is 3.08 bits per heavy atom. The van der Waals surface area contributed by atoms with Crippen LogP contribution >= 0.6 is 0 Å². The summed E-state index contributed by atoms with van der Waals surface area (Å²) in [6.45, 7) is 2.10. The summed E-state index contributed by atoms with van der Waals surface area (Å²) < 4.78 is 6.94. The van der Waals surface area contributed by atoms with Crippen LogP contribution in [-0.4, -0.2) is 29.5 Å². The topological polar surface area (TPSA) is 59.0 Å². The molecule has 0 radical (unpaired) electrons. The van der Waals surface area contributed by atoms with Crippen molar-refractivity contribution in [2.45, 2.75) is 6.04 Å². The predicted molar refractivity (Wildman–Crippen MR) is 47.6 cm³/mol. The zero-order valence-corrected chi connectivity index (χ0v) is 7.54. The molecule has 1 aromatic rings. The highest BCUT2D eigenvalue weighted by molar-refractivity contribution is 5.11. The molecule has 1 unspecified atom stereocenters. The van der Waals surface area contributed by atoms with Crippen LogP contribution < -0.4 is 10.9 Å². The van der Waals surface area contributed by atoms with Crippen molar-refractivity contribution in [2.24, 2.45) is 7.05 Å². The molecule has 13 heavy (non-hydrogen) atoms. The number of aromatic nitrogens is 2. The minimum atomic E-state index is -0.0366. The largest absolute Gasteiger partial charge is 0.378 e. The smallest absolute Gasteiger partial charge is 0.268 e. The van der Waals surface area contributed by atoms with Gasteiger partial charge in [0.25, 0.3) is 5.56 Å². The highest BCUT2D eigenvalue weighted by Gasteiger charge is 2.18. The van der Waals surface area contributed by atoms with Crippen LogP contribution in [0.5, 0.6) is 0 Å². The number of aryl methyl sites for hydroxylation is 1. The van der Waals surface area contributed by atoms with Gasteiger partial charge in [-0.25, -0.2) is 0 Å². The van der Waals surface area contributed by atoms with Gasteiger partial charge >= 0.3 is 0 Å². The summed E-state index contributed by atoms with van der Waals surface area (Å²) in [5, 5.41) is 5.90. The van der Waals surface area contributed by atoms with Gasteiger partial charge in [0, 0.05) is 19.8 Å². The van der Waals surface area contributed by atoms with E-state index in [4.69, 9.17) is 4.74 Å². The van der Waals surface area contributed by atoms with Crippen molar-refractivity contribution in [2.75, 3.05) is 19.8 Å². The number of aromatic amines is 1. The number of rotatable bonds is 1. The maximum absolute atomic E-state index is 11.4. The summed E-state index contributed by atoms with van der Waals surface area (Å²) in [7, 11) is 1.80. The third-order valence-corrected chi connectivity index (χ3v) is 2.17. The lowest BCUT2D eigenvalue weighted by Crippen LogP contribution is -2.36. The van der Waals surface area contributed by atoms with E-state index in [9.17, 15) is 4.79 Å². The standard InChI is InChI=1S/C8H13N3O2/c1-11-4-6(8(12)10-11)7-5-13-3-2-9-7/h4,7,9H,2-3,5H2,1H3,(H,10,12). The van der Waals surface area contributed by atoms with E-state index in [2.05, 4.69) is 10.4 Å². The molecule has 1 aromatic heterocycles. The Morgan fingerprint density at radius 2 is 2.54 bits per heavy atom. The van der Waals surface area contributed by atoms with Gasteiger partial charge in [-0.1, -0.05) is 0 Å². The lowest BCUT2D eigenvalue weighted by molar-refractivity contribution is 0.0766. The van der Waals surface area contributed by atoms with E-state index in [1.807, 2.05) is 0 Å². The van der Waals surface area contributed by atoms with Gasteiger partial charge < -0.3 is 10.1 Å². The average Bonchev–Trinajstić information content (AvgIpc) is 2.47. The minimum absolute atomic E-state index is 0.0366. The van der Waals surface area contributed by atoms with Gasteiger partial charge in [-0.15, -0.1) is 0 Å². The number of nitrogens with one attached hydrogen (secondary N) is 2. The Labute approximate surface area is 75.7 Å². The Morgan fingerprint density at radius 1 is 1.69 bits per heavy atom. The minimum Gasteiger partial charge on any atom is -0.378 e. The van der Waals surface area contributed by atoms with Crippen LogP contribution in [0.2, 0.25) is 0 Å². The van der Waals surface area contributed by atoms with Crippen molar-refractivity contribution < 1.29 is 4.74 Å². The molecule has 0 aromatic carbocycles. The van der Waals surface area contributed by atoms with Gasteiger partial charge in [0.15, 0.2) is 0 Å². The molecule has 0 aliphatic carbocycles. The van der Waals surface area contributed by atoms with Crippen molar-refractivity contribution in [1.29, 1.82) is 0 Å². The molecule has 0 spiro atoms. The predicted octanol–water partition coefficient (Wildman–Crippen LogP) is -0.626. The zero-order valence-electron chi connectivity index (χ0n) is 7.54. The first kappa shape index (κ1) is 8.52. The number of ether oxygens (including phenoxy) is 1. The van der Waals surface area contributed by atoms with Gasteiger partial charge in [0.1, 0.15) is 0 Å². The molecular formula is C8H13N3O2. The van der Waals surface area contributed by atoms with Crippen molar-refractivity contribution >= 4 is 0 Å². The number of morpholine rings is 1. The van der Waals surface area contributed by atoms with Gasteiger partial charge in [-0.3, -0.25) is 14.6 Å². The van der Waals surface area contributed by atoms with E-state index in [0.717, 1.165) is 18.7 Å². The normalized spacial score (nSPS) is 23.3.